The van der Waals surface area contributed by atoms with Crippen LogP contribution in [0.4, 0.5) is 0 Å². The van der Waals surface area contributed by atoms with Crippen LogP contribution in [-0.2, 0) is 11.2 Å². The topological polar surface area (TPSA) is 33.2 Å². The molecule has 114 valence electrons. The monoisotopic (exact) mass is 286 g/mol. The number of nitrogens with zero attached hydrogens (tertiary/aromatic N) is 2. The molecular weight excluding hydrogens is 260 g/mol. The Bertz CT molecular complexity index is 454. The van der Waals surface area contributed by atoms with Gasteiger partial charge in [0.25, 0.3) is 0 Å². The Hall–Kier alpha value is -1.38. The predicted molar refractivity (Wildman–Crippen MR) is 83.8 cm³/mol. The molecule has 1 atom stereocenters. The molecule has 2 fully saturated rings. The molecule has 0 aromatic carbocycles. The number of aromatic nitrogens is 1. The number of amides is 1. The highest BCUT2D eigenvalue weighted by Gasteiger charge is 2.26. The zero-order chi connectivity index (χ0) is 14.5. The summed E-state index contributed by atoms with van der Waals surface area (Å²) in [5.41, 5.74) is 1.16. The number of pyridine rings is 1. The SMILES string of the molecule is O=C(CC1CCCC1)N1CCCC(Cc2ccccn2)C1. The molecule has 3 nitrogen and oxygen atoms in total. The third-order valence-electron chi connectivity index (χ3n) is 5.03. The Kier molecular flexibility index (Phi) is 4.89. The van der Waals surface area contributed by atoms with E-state index in [0.717, 1.165) is 38.0 Å². The van der Waals surface area contributed by atoms with E-state index < -0.39 is 0 Å². The smallest absolute Gasteiger partial charge is 0.222 e. The van der Waals surface area contributed by atoms with Crippen molar-refractivity contribution in [3.05, 3.63) is 30.1 Å². The van der Waals surface area contributed by atoms with Crippen molar-refractivity contribution in [1.82, 2.24) is 9.88 Å². The molecule has 0 bridgehead atoms. The lowest BCUT2D eigenvalue weighted by Gasteiger charge is -2.33. The fourth-order valence-electron chi connectivity index (χ4n) is 3.86. The molecule has 1 amide bonds. The number of rotatable bonds is 4. The van der Waals surface area contributed by atoms with Crippen molar-refractivity contribution in [2.24, 2.45) is 11.8 Å². The second-order valence-electron chi connectivity index (χ2n) is 6.73. The van der Waals surface area contributed by atoms with Crippen molar-refractivity contribution in [2.45, 2.75) is 51.4 Å². The van der Waals surface area contributed by atoms with Gasteiger partial charge in [0.05, 0.1) is 0 Å². The summed E-state index contributed by atoms with van der Waals surface area (Å²) in [7, 11) is 0. The zero-order valence-electron chi connectivity index (χ0n) is 12.8. The van der Waals surface area contributed by atoms with Crippen molar-refractivity contribution in [3.8, 4) is 0 Å². The maximum Gasteiger partial charge on any atom is 0.222 e. The molecule has 1 unspecified atom stereocenters. The quantitative estimate of drug-likeness (QED) is 0.849. The first kappa shape index (κ1) is 14.6. The lowest BCUT2D eigenvalue weighted by molar-refractivity contribution is -0.134. The van der Waals surface area contributed by atoms with Crippen LogP contribution in [-0.4, -0.2) is 28.9 Å². The molecule has 0 spiro atoms. The van der Waals surface area contributed by atoms with Crippen LogP contribution >= 0.6 is 0 Å². The number of hydrogen-bond acceptors (Lipinski definition) is 2. The van der Waals surface area contributed by atoms with Crippen LogP contribution in [0, 0.1) is 11.8 Å². The van der Waals surface area contributed by atoms with Crippen LogP contribution in [0.5, 0.6) is 0 Å². The van der Waals surface area contributed by atoms with Gasteiger partial charge in [-0.05, 0) is 56.1 Å². The van der Waals surface area contributed by atoms with E-state index in [0.29, 0.717) is 17.7 Å². The van der Waals surface area contributed by atoms with Gasteiger partial charge in [-0.25, -0.2) is 0 Å². The van der Waals surface area contributed by atoms with Gasteiger partial charge in [0.1, 0.15) is 0 Å². The van der Waals surface area contributed by atoms with Gasteiger partial charge in [0, 0.05) is 31.4 Å². The molecule has 1 aromatic heterocycles. The minimum atomic E-state index is 0.396. The van der Waals surface area contributed by atoms with Crippen LogP contribution in [0.1, 0.15) is 50.6 Å². The maximum atomic E-state index is 12.5. The first-order valence-electron chi connectivity index (χ1n) is 8.49. The van der Waals surface area contributed by atoms with Crippen molar-refractivity contribution in [3.63, 3.8) is 0 Å². The highest BCUT2D eigenvalue weighted by molar-refractivity contribution is 5.76. The average molecular weight is 286 g/mol. The van der Waals surface area contributed by atoms with Gasteiger partial charge in [-0.2, -0.15) is 0 Å². The lowest BCUT2D eigenvalue weighted by atomic mass is 9.92. The molecule has 1 saturated heterocycles. The summed E-state index contributed by atoms with van der Waals surface area (Å²) in [4.78, 5) is 19.0. The highest BCUT2D eigenvalue weighted by Crippen LogP contribution is 2.29. The third kappa shape index (κ3) is 4.05. The van der Waals surface area contributed by atoms with E-state index in [-0.39, 0.29) is 0 Å². The Balaban J connectivity index is 1.51. The molecule has 1 aliphatic heterocycles. The largest absolute Gasteiger partial charge is 0.342 e. The van der Waals surface area contributed by atoms with Gasteiger partial charge in [-0.3, -0.25) is 9.78 Å². The molecule has 21 heavy (non-hydrogen) atoms. The lowest BCUT2D eigenvalue weighted by Crippen LogP contribution is -2.41. The first-order chi connectivity index (χ1) is 10.3. The molecule has 2 aliphatic rings. The van der Waals surface area contributed by atoms with E-state index in [4.69, 9.17) is 0 Å². The number of carbonyl (C=O) groups excluding carboxylic acids is 1. The molecule has 0 N–H and O–H groups in total. The second kappa shape index (κ2) is 7.06. The van der Waals surface area contributed by atoms with Gasteiger partial charge in [0.2, 0.25) is 5.91 Å². The average Bonchev–Trinajstić information content (AvgIpc) is 3.01. The summed E-state index contributed by atoms with van der Waals surface area (Å²) in [6.45, 7) is 1.90. The van der Waals surface area contributed by atoms with Gasteiger partial charge in [0.15, 0.2) is 0 Å². The van der Waals surface area contributed by atoms with Crippen molar-refractivity contribution in [2.75, 3.05) is 13.1 Å². The first-order valence-corrected chi connectivity index (χ1v) is 8.49. The van der Waals surface area contributed by atoms with Gasteiger partial charge in [-0.15, -0.1) is 0 Å². The standard InChI is InChI=1S/C18H26N2O/c21-18(13-15-6-1-2-7-15)20-11-5-8-16(14-20)12-17-9-3-4-10-19-17/h3-4,9-10,15-16H,1-2,5-8,11-14H2. The zero-order valence-corrected chi connectivity index (χ0v) is 12.8. The van der Waals surface area contributed by atoms with Crippen LogP contribution in [0.2, 0.25) is 0 Å². The third-order valence-corrected chi connectivity index (χ3v) is 5.03. The second-order valence-corrected chi connectivity index (χ2v) is 6.73. The van der Waals surface area contributed by atoms with E-state index in [1.54, 1.807) is 0 Å². The van der Waals surface area contributed by atoms with E-state index in [1.165, 1.54) is 32.1 Å². The summed E-state index contributed by atoms with van der Waals surface area (Å²) >= 11 is 0. The van der Waals surface area contributed by atoms with Crippen LogP contribution < -0.4 is 0 Å². The minimum Gasteiger partial charge on any atom is -0.342 e. The maximum absolute atomic E-state index is 12.5. The Morgan fingerprint density at radius 2 is 1.95 bits per heavy atom. The molecule has 1 saturated carbocycles. The van der Waals surface area contributed by atoms with Gasteiger partial charge < -0.3 is 4.90 Å². The molecule has 0 radical (unpaired) electrons. The van der Waals surface area contributed by atoms with Crippen molar-refractivity contribution < 1.29 is 4.79 Å². The number of carbonyl (C=O) groups is 1. The van der Waals surface area contributed by atoms with Crippen molar-refractivity contribution in [1.29, 1.82) is 0 Å². The summed E-state index contributed by atoms with van der Waals surface area (Å²) < 4.78 is 0. The number of likely N-dealkylation sites (tertiary alicyclic amines) is 1. The Morgan fingerprint density at radius 3 is 2.71 bits per heavy atom. The molecule has 2 heterocycles. The normalized spacial score (nSPS) is 23.4. The fourth-order valence-corrected chi connectivity index (χ4v) is 3.86. The predicted octanol–water partition coefficient (Wildman–Crippen LogP) is 3.44. The van der Waals surface area contributed by atoms with E-state index in [2.05, 4.69) is 16.0 Å². The summed E-state index contributed by atoms with van der Waals surface area (Å²) in [6, 6.07) is 6.11. The molecule has 1 aromatic rings. The van der Waals surface area contributed by atoms with Crippen LogP contribution in [0.3, 0.4) is 0 Å². The molecule has 3 rings (SSSR count). The fraction of sp³-hybridized carbons (Fsp3) is 0.667. The van der Waals surface area contributed by atoms with Gasteiger partial charge in [-0.1, -0.05) is 18.9 Å². The highest BCUT2D eigenvalue weighted by atomic mass is 16.2. The number of hydrogen-bond donors (Lipinski definition) is 0. The van der Waals surface area contributed by atoms with E-state index in [9.17, 15) is 4.79 Å². The minimum absolute atomic E-state index is 0.396. The van der Waals surface area contributed by atoms with Gasteiger partial charge >= 0.3 is 0 Å². The van der Waals surface area contributed by atoms with E-state index in [1.807, 2.05) is 18.3 Å². The summed E-state index contributed by atoms with van der Waals surface area (Å²) in [5, 5.41) is 0. The summed E-state index contributed by atoms with van der Waals surface area (Å²) in [5.74, 6) is 1.64. The molecule has 1 aliphatic carbocycles. The van der Waals surface area contributed by atoms with E-state index >= 15 is 0 Å². The Labute approximate surface area is 127 Å². The summed E-state index contributed by atoms with van der Waals surface area (Å²) in [6.07, 6.45) is 11.2. The number of piperidine rings is 1. The van der Waals surface area contributed by atoms with Crippen molar-refractivity contribution >= 4 is 5.91 Å². The van der Waals surface area contributed by atoms with Crippen LogP contribution in [0.15, 0.2) is 24.4 Å². The van der Waals surface area contributed by atoms with Crippen LogP contribution in [0.25, 0.3) is 0 Å². The molecule has 3 heteroatoms. The molecular formula is C18H26N2O. The Morgan fingerprint density at radius 1 is 1.14 bits per heavy atom.